The molecule has 1 aromatic rings. The van der Waals surface area contributed by atoms with Crippen LogP contribution in [0.3, 0.4) is 0 Å². The molecule has 0 amide bonds. The van der Waals surface area contributed by atoms with Crippen molar-refractivity contribution in [2.45, 2.75) is 48.0 Å². The van der Waals surface area contributed by atoms with E-state index >= 15 is 0 Å². The highest BCUT2D eigenvalue weighted by Gasteiger charge is 2.17. The van der Waals surface area contributed by atoms with Crippen molar-refractivity contribution in [3.63, 3.8) is 0 Å². The molecule has 0 radical (unpaired) electrons. The van der Waals surface area contributed by atoms with Crippen LogP contribution in [0.15, 0.2) is 42.0 Å². The summed E-state index contributed by atoms with van der Waals surface area (Å²) >= 11 is 0. The maximum absolute atomic E-state index is 2.34. The van der Waals surface area contributed by atoms with E-state index < -0.39 is 0 Å². The molecule has 0 aromatic heterocycles. The fourth-order valence-corrected chi connectivity index (χ4v) is 2.53. The largest absolute Gasteiger partial charge is 0.0683 e. The summed E-state index contributed by atoms with van der Waals surface area (Å²) in [7, 11) is 0. The lowest BCUT2D eigenvalue weighted by molar-refractivity contribution is 0.635. The average Bonchev–Trinajstić information content (AvgIpc) is 2.40. The normalized spacial score (nSPS) is 18.4. The Kier molecular flexibility index (Phi) is 6.08. The predicted octanol–water partition coefficient (Wildman–Crippen LogP) is 6.03. The molecule has 19 heavy (non-hydrogen) atoms. The van der Waals surface area contributed by atoms with Gasteiger partial charge in [-0.2, -0.15) is 0 Å². The molecule has 1 aliphatic rings. The lowest BCUT2D eigenvalue weighted by Gasteiger charge is -2.24. The van der Waals surface area contributed by atoms with E-state index in [2.05, 4.69) is 64.1 Å². The van der Waals surface area contributed by atoms with Crippen molar-refractivity contribution in [3.05, 3.63) is 53.1 Å². The fraction of sp³-hybridized carbons (Fsp3) is 0.474. The first-order valence-electron chi connectivity index (χ1n) is 7.55. The zero-order valence-corrected chi connectivity index (χ0v) is 13.3. The van der Waals surface area contributed by atoms with Crippen LogP contribution in [0, 0.1) is 18.8 Å². The SMILES string of the molecule is CC.Cc1cccc(C2=CC=C(C(C)C)CC2C)c1. The van der Waals surface area contributed by atoms with Gasteiger partial charge in [0.25, 0.3) is 0 Å². The van der Waals surface area contributed by atoms with E-state index in [4.69, 9.17) is 0 Å². The van der Waals surface area contributed by atoms with Gasteiger partial charge in [-0.3, -0.25) is 0 Å². The summed E-state index contributed by atoms with van der Waals surface area (Å²) in [6.45, 7) is 13.1. The van der Waals surface area contributed by atoms with E-state index in [1.165, 1.54) is 23.1 Å². The van der Waals surface area contributed by atoms with Gasteiger partial charge in [0, 0.05) is 0 Å². The standard InChI is InChI=1S/C17H22.C2H6/c1-12(2)15-8-9-17(14(4)11-15)16-7-5-6-13(3)10-16;1-2/h5-10,12,14H,11H2,1-4H3;1-2H3. The smallest absolute Gasteiger partial charge is 0.0147 e. The van der Waals surface area contributed by atoms with Crippen molar-refractivity contribution >= 4 is 5.57 Å². The first-order chi connectivity index (χ1) is 9.08. The minimum absolute atomic E-state index is 0.638. The molecule has 0 aliphatic heterocycles. The van der Waals surface area contributed by atoms with Crippen molar-refractivity contribution in [2.75, 3.05) is 0 Å². The molecule has 0 heteroatoms. The van der Waals surface area contributed by atoms with Crippen molar-refractivity contribution < 1.29 is 0 Å². The summed E-state index contributed by atoms with van der Waals surface area (Å²) in [4.78, 5) is 0. The van der Waals surface area contributed by atoms with Crippen LogP contribution in [-0.2, 0) is 0 Å². The van der Waals surface area contributed by atoms with E-state index in [1.54, 1.807) is 5.57 Å². The second-order valence-corrected chi connectivity index (χ2v) is 5.49. The number of rotatable bonds is 2. The van der Waals surface area contributed by atoms with Crippen LogP contribution < -0.4 is 0 Å². The Hall–Kier alpha value is -1.30. The summed E-state index contributed by atoms with van der Waals surface area (Å²) in [6, 6.07) is 8.83. The molecule has 0 heterocycles. The summed E-state index contributed by atoms with van der Waals surface area (Å²) in [5, 5.41) is 0. The molecule has 1 aliphatic carbocycles. The quantitative estimate of drug-likeness (QED) is 0.606. The lowest BCUT2D eigenvalue weighted by Crippen LogP contribution is -2.08. The van der Waals surface area contributed by atoms with E-state index in [0.29, 0.717) is 11.8 Å². The average molecular weight is 256 g/mol. The summed E-state index contributed by atoms with van der Waals surface area (Å²) in [5.74, 6) is 1.31. The van der Waals surface area contributed by atoms with Gasteiger partial charge < -0.3 is 0 Å². The molecule has 0 saturated carbocycles. The van der Waals surface area contributed by atoms with Crippen LogP contribution in [-0.4, -0.2) is 0 Å². The number of hydrogen-bond acceptors (Lipinski definition) is 0. The third-order valence-electron chi connectivity index (χ3n) is 3.64. The van der Waals surface area contributed by atoms with E-state index in [0.717, 1.165) is 0 Å². The molecule has 0 nitrogen and oxygen atoms in total. The molecule has 104 valence electrons. The number of aryl methyl sites for hydroxylation is 1. The highest BCUT2D eigenvalue weighted by molar-refractivity contribution is 5.70. The van der Waals surface area contributed by atoms with Crippen molar-refractivity contribution in [3.8, 4) is 0 Å². The first kappa shape index (κ1) is 15.8. The Labute approximate surface area is 119 Å². The van der Waals surface area contributed by atoms with Crippen LogP contribution in [0.2, 0.25) is 0 Å². The highest BCUT2D eigenvalue weighted by atomic mass is 14.2. The summed E-state index contributed by atoms with van der Waals surface area (Å²) < 4.78 is 0. The Bertz CT molecular complexity index is 461. The summed E-state index contributed by atoms with van der Waals surface area (Å²) in [5.41, 5.74) is 5.79. The molecule has 0 saturated heterocycles. The second kappa shape index (κ2) is 7.33. The number of allylic oxidation sites excluding steroid dienone is 4. The van der Waals surface area contributed by atoms with Gasteiger partial charge in [-0.1, -0.05) is 82.2 Å². The molecule has 1 aromatic carbocycles. The highest BCUT2D eigenvalue weighted by Crippen LogP contribution is 2.34. The van der Waals surface area contributed by atoms with Gasteiger partial charge in [0.2, 0.25) is 0 Å². The fourth-order valence-electron chi connectivity index (χ4n) is 2.53. The number of hydrogen-bond donors (Lipinski definition) is 0. The molecule has 0 fully saturated rings. The maximum atomic E-state index is 2.34. The van der Waals surface area contributed by atoms with Crippen LogP contribution >= 0.6 is 0 Å². The third kappa shape index (κ3) is 4.09. The van der Waals surface area contributed by atoms with Gasteiger partial charge in [-0.15, -0.1) is 0 Å². The summed E-state index contributed by atoms with van der Waals surface area (Å²) in [6.07, 6.45) is 5.85. The minimum Gasteiger partial charge on any atom is -0.0683 e. The maximum Gasteiger partial charge on any atom is -0.0147 e. The lowest BCUT2D eigenvalue weighted by atomic mass is 9.81. The monoisotopic (exact) mass is 256 g/mol. The first-order valence-corrected chi connectivity index (χ1v) is 7.55. The molecule has 0 bridgehead atoms. The Balaban J connectivity index is 0.000000861. The zero-order chi connectivity index (χ0) is 14.4. The third-order valence-corrected chi connectivity index (χ3v) is 3.64. The second-order valence-electron chi connectivity index (χ2n) is 5.49. The minimum atomic E-state index is 0.638. The Morgan fingerprint density at radius 1 is 1.11 bits per heavy atom. The van der Waals surface area contributed by atoms with Crippen LogP contribution in [0.4, 0.5) is 0 Å². The van der Waals surface area contributed by atoms with Crippen LogP contribution in [0.25, 0.3) is 5.57 Å². The van der Waals surface area contributed by atoms with E-state index in [-0.39, 0.29) is 0 Å². The van der Waals surface area contributed by atoms with Gasteiger partial charge >= 0.3 is 0 Å². The zero-order valence-electron chi connectivity index (χ0n) is 13.3. The van der Waals surface area contributed by atoms with Crippen LogP contribution in [0.5, 0.6) is 0 Å². The van der Waals surface area contributed by atoms with Gasteiger partial charge in [0.1, 0.15) is 0 Å². The molecular weight excluding hydrogens is 228 g/mol. The van der Waals surface area contributed by atoms with Crippen molar-refractivity contribution in [1.29, 1.82) is 0 Å². The van der Waals surface area contributed by atoms with Gasteiger partial charge in [0.15, 0.2) is 0 Å². The van der Waals surface area contributed by atoms with Crippen molar-refractivity contribution in [2.24, 2.45) is 11.8 Å². The molecule has 0 spiro atoms. The molecule has 1 unspecified atom stereocenters. The topological polar surface area (TPSA) is 0 Å². The van der Waals surface area contributed by atoms with Gasteiger partial charge in [-0.25, -0.2) is 0 Å². The van der Waals surface area contributed by atoms with Gasteiger partial charge in [-0.05, 0) is 36.3 Å². The van der Waals surface area contributed by atoms with Crippen LogP contribution in [0.1, 0.15) is 52.2 Å². The predicted molar refractivity (Wildman–Crippen MR) is 87.2 cm³/mol. The van der Waals surface area contributed by atoms with Gasteiger partial charge in [0.05, 0.1) is 0 Å². The Morgan fingerprint density at radius 2 is 1.79 bits per heavy atom. The van der Waals surface area contributed by atoms with E-state index in [9.17, 15) is 0 Å². The molecular formula is C19H28. The molecule has 0 N–H and O–H groups in total. The Morgan fingerprint density at radius 3 is 2.32 bits per heavy atom. The molecule has 1 atom stereocenters. The van der Waals surface area contributed by atoms with E-state index in [1.807, 2.05) is 13.8 Å². The molecule has 2 rings (SSSR count). The number of benzene rings is 1. The van der Waals surface area contributed by atoms with Crippen molar-refractivity contribution in [1.82, 2.24) is 0 Å².